The van der Waals surface area contributed by atoms with Crippen molar-refractivity contribution in [2.75, 3.05) is 13.1 Å². The molecule has 18 heavy (non-hydrogen) atoms. The zero-order valence-electron chi connectivity index (χ0n) is 12.0. The Bertz CT molecular complexity index is 308. The summed E-state index contributed by atoms with van der Waals surface area (Å²) in [6.45, 7) is 8.55. The first-order chi connectivity index (χ1) is 8.63. The molecule has 2 atom stereocenters. The molecule has 1 aromatic rings. The van der Waals surface area contributed by atoms with E-state index in [4.69, 9.17) is 5.73 Å². The van der Waals surface area contributed by atoms with Crippen molar-refractivity contribution in [1.29, 1.82) is 0 Å². The fourth-order valence-corrected chi connectivity index (χ4v) is 2.07. The zero-order valence-corrected chi connectivity index (χ0v) is 12.0. The summed E-state index contributed by atoms with van der Waals surface area (Å²) in [5.41, 5.74) is 7.21. The van der Waals surface area contributed by atoms with E-state index in [9.17, 15) is 0 Å². The molecule has 102 valence electrons. The standard InChI is InChI=1S/C16H28N2/c1-13(2)16(11-17)12-18-14(3)9-10-15-7-5-4-6-8-15/h4-8,13-14,16,18H,9-12,17H2,1-3H3. The maximum Gasteiger partial charge on any atom is 0.00420 e. The highest BCUT2D eigenvalue weighted by Crippen LogP contribution is 2.09. The average Bonchev–Trinajstić information content (AvgIpc) is 2.38. The predicted octanol–water partition coefficient (Wildman–Crippen LogP) is 2.83. The van der Waals surface area contributed by atoms with E-state index in [0.717, 1.165) is 19.5 Å². The van der Waals surface area contributed by atoms with E-state index in [1.54, 1.807) is 0 Å². The summed E-state index contributed by atoms with van der Waals surface area (Å²) in [7, 11) is 0. The van der Waals surface area contributed by atoms with Crippen molar-refractivity contribution in [3.63, 3.8) is 0 Å². The Kier molecular flexibility index (Phi) is 6.99. The van der Waals surface area contributed by atoms with Crippen LogP contribution < -0.4 is 11.1 Å². The quantitative estimate of drug-likeness (QED) is 0.742. The zero-order chi connectivity index (χ0) is 13.4. The lowest BCUT2D eigenvalue weighted by Crippen LogP contribution is -2.36. The Morgan fingerprint density at radius 1 is 1.11 bits per heavy atom. The van der Waals surface area contributed by atoms with Crippen molar-refractivity contribution in [2.45, 2.75) is 39.7 Å². The largest absolute Gasteiger partial charge is 0.330 e. The lowest BCUT2D eigenvalue weighted by Gasteiger charge is -2.22. The summed E-state index contributed by atoms with van der Waals surface area (Å²) in [5, 5.41) is 3.61. The summed E-state index contributed by atoms with van der Waals surface area (Å²) in [4.78, 5) is 0. The van der Waals surface area contributed by atoms with Gasteiger partial charge in [0.15, 0.2) is 0 Å². The molecular formula is C16H28N2. The van der Waals surface area contributed by atoms with Gasteiger partial charge in [-0.3, -0.25) is 0 Å². The molecule has 0 aliphatic carbocycles. The van der Waals surface area contributed by atoms with Gasteiger partial charge in [0.25, 0.3) is 0 Å². The van der Waals surface area contributed by atoms with Gasteiger partial charge in [-0.1, -0.05) is 44.2 Å². The number of aryl methyl sites for hydroxylation is 1. The lowest BCUT2D eigenvalue weighted by molar-refractivity contribution is 0.349. The van der Waals surface area contributed by atoms with Gasteiger partial charge < -0.3 is 11.1 Å². The van der Waals surface area contributed by atoms with E-state index < -0.39 is 0 Å². The van der Waals surface area contributed by atoms with Gasteiger partial charge in [-0.2, -0.15) is 0 Å². The van der Waals surface area contributed by atoms with Gasteiger partial charge in [0.2, 0.25) is 0 Å². The Morgan fingerprint density at radius 3 is 2.33 bits per heavy atom. The first-order valence-corrected chi connectivity index (χ1v) is 7.10. The SMILES string of the molecule is CC(CCc1ccccc1)NCC(CN)C(C)C. The molecule has 0 bridgehead atoms. The van der Waals surface area contributed by atoms with E-state index in [2.05, 4.69) is 56.4 Å². The van der Waals surface area contributed by atoms with E-state index >= 15 is 0 Å². The van der Waals surface area contributed by atoms with Gasteiger partial charge in [-0.15, -0.1) is 0 Å². The average molecular weight is 248 g/mol. The van der Waals surface area contributed by atoms with Crippen LogP contribution >= 0.6 is 0 Å². The normalized spacial score (nSPS) is 14.7. The minimum atomic E-state index is 0.554. The molecule has 0 radical (unpaired) electrons. The smallest absolute Gasteiger partial charge is 0.00420 e. The second-order valence-corrected chi connectivity index (χ2v) is 5.57. The van der Waals surface area contributed by atoms with Gasteiger partial charge in [0.05, 0.1) is 0 Å². The molecule has 0 aromatic heterocycles. The van der Waals surface area contributed by atoms with Crippen molar-refractivity contribution in [1.82, 2.24) is 5.32 Å². The van der Waals surface area contributed by atoms with Crippen LogP contribution in [0.1, 0.15) is 32.8 Å². The molecule has 1 aromatic carbocycles. The highest BCUT2D eigenvalue weighted by molar-refractivity contribution is 5.14. The third-order valence-electron chi connectivity index (χ3n) is 3.68. The molecule has 0 fully saturated rings. The van der Waals surface area contributed by atoms with Gasteiger partial charge in [-0.05, 0) is 50.3 Å². The molecule has 0 heterocycles. The van der Waals surface area contributed by atoms with Crippen LogP contribution in [-0.4, -0.2) is 19.1 Å². The van der Waals surface area contributed by atoms with E-state index in [1.165, 1.54) is 12.0 Å². The summed E-state index contributed by atoms with van der Waals surface area (Å²) >= 11 is 0. The van der Waals surface area contributed by atoms with Crippen LogP contribution in [0, 0.1) is 11.8 Å². The molecule has 2 nitrogen and oxygen atoms in total. The van der Waals surface area contributed by atoms with Crippen molar-refractivity contribution < 1.29 is 0 Å². The van der Waals surface area contributed by atoms with Crippen molar-refractivity contribution >= 4 is 0 Å². The topological polar surface area (TPSA) is 38.0 Å². The highest BCUT2D eigenvalue weighted by atomic mass is 14.9. The second-order valence-electron chi connectivity index (χ2n) is 5.57. The third-order valence-corrected chi connectivity index (χ3v) is 3.68. The van der Waals surface area contributed by atoms with Crippen LogP contribution in [0.3, 0.4) is 0 Å². The van der Waals surface area contributed by atoms with Crippen LogP contribution in [0.25, 0.3) is 0 Å². The van der Waals surface area contributed by atoms with Gasteiger partial charge in [0, 0.05) is 6.04 Å². The first-order valence-electron chi connectivity index (χ1n) is 7.10. The van der Waals surface area contributed by atoms with Crippen LogP contribution in [0.15, 0.2) is 30.3 Å². The molecule has 0 saturated heterocycles. The Balaban J connectivity index is 2.23. The van der Waals surface area contributed by atoms with E-state index in [1.807, 2.05) is 0 Å². The maximum absolute atomic E-state index is 5.78. The number of rotatable bonds is 8. The fraction of sp³-hybridized carbons (Fsp3) is 0.625. The second kappa shape index (κ2) is 8.28. The van der Waals surface area contributed by atoms with Gasteiger partial charge in [0.1, 0.15) is 0 Å². The Hall–Kier alpha value is -0.860. The van der Waals surface area contributed by atoms with Gasteiger partial charge in [-0.25, -0.2) is 0 Å². The number of benzene rings is 1. The van der Waals surface area contributed by atoms with Crippen LogP contribution in [0.4, 0.5) is 0 Å². The monoisotopic (exact) mass is 248 g/mol. The van der Waals surface area contributed by atoms with Crippen molar-refractivity contribution in [3.8, 4) is 0 Å². The Morgan fingerprint density at radius 2 is 1.78 bits per heavy atom. The maximum atomic E-state index is 5.78. The summed E-state index contributed by atoms with van der Waals surface area (Å²) in [6.07, 6.45) is 2.32. The predicted molar refractivity (Wildman–Crippen MR) is 79.6 cm³/mol. The van der Waals surface area contributed by atoms with Crippen LogP contribution in [-0.2, 0) is 6.42 Å². The first kappa shape index (κ1) is 15.2. The molecule has 2 unspecified atom stereocenters. The van der Waals surface area contributed by atoms with E-state index in [0.29, 0.717) is 17.9 Å². The highest BCUT2D eigenvalue weighted by Gasteiger charge is 2.12. The Labute approximate surface area is 112 Å². The van der Waals surface area contributed by atoms with Crippen LogP contribution in [0.2, 0.25) is 0 Å². The van der Waals surface area contributed by atoms with Crippen LogP contribution in [0.5, 0.6) is 0 Å². The molecule has 0 saturated carbocycles. The minimum absolute atomic E-state index is 0.554. The third kappa shape index (κ3) is 5.65. The fourth-order valence-electron chi connectivity index (χ4n) is 2.07. The molecule has 0 spiro atoms. The van der Waals surface area contributed by atoms with Crippen molar-refractivity contribution in [3.05, 3.63) is 35.9 Å². The molecule has 0 aliphatic rings. The molecule has 0 amide bonds. The van der Waals surface area contributed by atoms with E-state index in [-0.39, 0.29) is 0 Å². The number of nitrogens with one attached hydrogen (secondary N) is 1. The molecule has 3 N–H and O–H groups in total. The summed E-state index contributed by atoms with van der Waals surface area (Å²) in [5.74, 6) is 1.24. The molecule has 2 heteroatoms. The number of hydrogen-bond acceptors (Lipinski definition) is 2. The molecule has 0 aliphatic heterocycles. The summed E-state index contributed by atoms with van der Waals surface area (Å²) in [6, 6.07) is 11.2. The lowest BCUT2D eigenvalue weighted by atomic mass is 9.95. The number of hydrogen-bond donors (Lipinski definition) is 2. The molecular weight excluding hydrogens is 220 g/mol. The minimum Gasteiger partial charge on any atom is -0.330 e. The van der Waals surface area contributed by atoms with Crippen molar-refractivity contribution in [2.24, 2.45) is 17.6 Å². The van der Waals surface area contributed by atoms with Gasteiger partial charge >= 0.3 is 0 Å². The molecule has 1 rings (SSSR count). The summed E-state index contributed by atoms with van der Waals surface area (Å²) < 4.78 is 0. The number of nitrogens with two attached hydrogens (primary N) is 1.